The van der Waals surface area contributed by atoms with Gasteiger partial charge in [-0.3, -0.25) is 4.79 Å². The molecule has 0 radical (unpaired) electrons. The fraction of sp³-hybridized carbons (Fsp3) is 0.881. The van der Waals surface area contributed by atoms with Gasteiger partial charge in [-0.15, -0.1) is 0 Å². The Labute approximate surface area is 311 Å². The van der Waals surface area contributed by atoms with Gasteiger partial charge in [0.2, 0.25) is 5.91 Å². The standard InChI is InChI=1S/C42H79NO8/c1-3-5-7-9-11-13-15-17-18-20-22-24-26-28-30-32-38(46)43-35(34-50-42-41(49)40(48)39(47)37(33-44)51-42)36(45)31-29-27-25-23-21-19-16-14-12-10-8-6-4-2/h11,13,17-18,35-37,39-42,44-45,47-49H,3-10,12,14-16,19-34H2,1-2H3,(H,43,46)/b13-11-,18-17-/t35-,36+,37?,39?,40?,41?,42?/m0/s1. The highest BCUT2D eigenvalue weighted by molar-refractivity contribution is 5.76. The highest BCUT2D eigenvalue weighted by atomic mass is 16.7. The summed E-state index contributed by atoms with van der Waals surface area (Å²) in [5.41, 5.74) is 0. The molecule has 7 atom stereocenters. The van der Waals surface area contributed by atoms with Crippen LogP contribution in [0.5, 0.6) is 0 Å². The molecular formula is C42H79NO8. The molecule has 9 heteroatoms. The van der Waals surface area contributed by atoms with Crippen molar-refractivity contribution in [3.63, 3.8) is 0 Å². The van der Waals surface area contributed by atoms with E-state index in [2.05, 4.69) is 43.5 Å². The van der Waals surface area contributed by atoms with Crippen LogP contribution < -0.4 is 5.32 Å². The lowest BCUT2D eigenvalue weighted by molar-refractivity contribution is -0.302. The summed E-state index contributed by atoms with van der Waals surface area (Å²) in [6, 6.07) is -0.722. The number of hydrogen-bond donors (Lipinski definition) is 6. The molecule has 1 saturated heterocycles. The second-order valence-electron chi connectivity index (χ2n) is 14.8. The second kappa shape index (κ2) is 33.3. The summed E-state index contributed by atoms with van der Waals surface area (Å²) in [5.74, 6) is -0.160. The highest BCUT2D eigenvalue weighted by Crippen LogP contribution is 2.23. The molecule has 1 amide bonds. The number of nitrogens with one attached hydrogen (secondary N) is 1. The molecule has 51 heavy (non-hydrogen) atoms. The molecule has 0 spiro atoms. The zero-order chi connectivity index (χ0) is 37.4. The third-order valence-corrected chi connectivity index (χ3v) is 10.1. The van der Waals surface area contributed by atoms with Gasteiger partial charge in [0.25, 0.3) is 0 Å². The Morgan fingerprint density at radius 3 is 1.73 bits per heavy atom. The van der Waals surface area contributed by atoms with Crippen LogP contribution in [0.15, 0.2) is 24.3 Å². The van der Waals surface area contributed by atoms with E-state index in [0.717, 1.165) is 64.2 Å². The van der Waals surface area contributed by atoms with E-state index >= 15 is 0 Å². The SMILES string of the molecule is CCCCC/C=C\C/C=C\CCCCCCCC(=O)N[C@@H](COC1OC(CO)C(O)C(O)C1O)[C@H](O)CCCCCCCCCCCCCCC. The lowest BCUT2D eigenvalue weighted by atomic mass is 9.99. The molecule has 1 heterocycles. The van der Waals surface area contributed by atoms with E-state index in [1.54, 1.807) is 0 Å². The van der Waals surface area contributed by atoms with Crippen molar-refractivity contribution in [3.05, 3.63) is 24.3 Å². The molecule has 0 aliphatic carbocycles. The predicted molar refractivity (Wildman–Crippen MR) is 207 cm³/mol. The zero-order valence-electron chi connectivity index (χ0n) is 32.6. The molecule has 0 aromatic rings. The summed E-state index contributed by atoms with van der Waals surface area (Å²) >= 11 is 0. The van der Waals surface area contributed by atoms with Crippen molar-refractivity contribution in [3.8, 4) is 0 Å². The van der Waals surface area contributed by atoms with Crippen LogP contribution in [-0.2, 0) is 14.3 Å². The summed E-state index contributed by atoms with van der Waals surface area (Å²) in [6.07, 6.45) is 30.3. The molecule has 1 rings (SSSR count). The van der Waals surface area contributed by atoms with Gasteiger partial charge in [0.1, 0.15) is 24.4 Å². The van der Waals surface area contributed by atoms with Crippen molar-refractivity contribution in [1.29, 1.82) is 0 Å². The number of unbranched alkanes of at least 4 members (excludes halogenated alkanes) is 20. The second-order valence-corrected chi connectivity index (χ2v) is 14.8. The quantitative estimate of drug-likeness (QED) is 0.0289. The van der Waals surface area contributed by atoms with Crippen molar-refractivity contribution < 1.29 is 39.8 Å². The molecule has 300 valence electrons. The molecule has 6 N–H and O–H groups in total. The van der Waals surface area contributed by atoms with Gasteiger partial charge < -0.3 is 40.3 Å². The smallest absolute Gasteiger partial charge is 0.220 e. The molecule has 1 aliphatic rings. The fourth-order valence-corrected chi connectivity index (χ4v) is 6.60. The van der Waals surface area contributed by atoms with E-state index in [9.17, 15) is 30.3 Å². The largest absolute Gasteiger partial charge is 0.394 e. The van der Waals surface area contributed by atoms with E-state index in [-0.39, 0.29) is 12.5 Å². The minimum absolute atomic E-state index is 0.143. The summed E-state index contributed by atoms with van der Waals surface area (Å²) < 4.78 is 11.2. The lowest BCUT2D eigenvalue weighted by Gasteiger charge is -2.40. The topological polar surface area (TPSA) is 149 Å². The van der Waals surface area contributed by atoms with Crippen LogP contribution in [0.1, 0.15) is 181 Å². The van der Waals surface area contributed by atoms with Gasteiger partial charge in [-0.1, -0.05) is 154 Å². The maximum atomic E-state index is 12.9. The first kappa shape index (κ1) is 47.7. The van der Waals surface area contributed by atoms with Crippen LogP contribution in [0.25, 0.3) is 0 Å². The van der Waals surface area contributed by atoms with Crippen LogP contribution in [0.2, 0.25) is 0 Å². The molecule has 0 aromatic carbocycles. The molecule has 0 aromatic heterocycles. The number of carbonyl (C=O) groups is 1. The van der Waals surface area contributed by atoms with Gasteiger partial charge in [0, 0.05) is 6.42 Å². The number of carbonyl (C=O) groups excluding carboxylic acids is 1. The molecule has 0 saturated carbocycles. The minimum Gasteiger partial charge on any atom is -0.394 e. The molecule has 1 aliphatic heterocycles. The van der Waals surface area contributed by atoms with Crippen molar-refractivity contribution in [2.45, 2.75) is 224 Å². The van der Waals surface area contributed by atoms with Crippen molar-refractivity contribution in [1.82, 2.24) is 5.32 Å². The maximum Gasteiger partial charge on any atom is 0.220 e. The van der Waals surface area contributed by atoms with Crippen LogP contribution in [-0.4, -0.2) is 87.5 Å². The van der Waals surface area contributed by atoms with E-state index in [4.69, 9.17) is 9.47 Å². The number of allylic oxidation sites excluding steroid dienone is 4. The van der Waals surface area contributed by atoms with E-state index in [1.165, 1.54) is 89.9 Å². The number of hydrogen-bond acceptors (Lipinski definition) is 8. The summed E-state index contributed by atoms with van der Waals surface area (Å²) in [6.45, 7) is 3.78. The van der Waals surface area contributed by atoms with E-state index < -0.39 is 49.5 Å². The van der Waals surface area contributed by atoms with Crippen molar-refractivity contribution >= 4 is 5.91 Å². The van der Waals surface area contributed by atoms with Crippen molar-refractivity contribution in [2.24, 2.45) is 0 Å². The molecular weight excluding hydrogens is 646 g/mol. The Morgan fingerprint density at radius 2 is 1.16 bits per heavy atom. The Kier molecular flexibility index (Phi) is 31.1. The Bertz CT molecular complexity index is 853. The first-order valence-electron chi connectivity index (χ1n) is 21.0. The average molecular weight is 726 g/mol. The maximum absolute atomic E-state index is 12.9. The number of amides is 1. The van der Waals surface area contributed by atoms with E-state index in [1.807, 2.05) is 0 Å². The number of ether oxygens (including phenoxy) is 2. The van der Waals surface area contributed by atoms with Gasteiger partial charge in [0.15, 0.2) is 6.29 Å². The van der Waals surface area contributed by atoms with Crippen LogP contribution in [0, 0.1) is 0 Å². The summed E-state index contributed by atoms with van der Waals surface area (Å²) in [5, 5.41) is 54.2. The fourth-order valence-electron chi connectivity index (χ4n) is 6.60. The summed E-state index contributed by atoms with van der Waals surface area (Å²) in [4.78, 5) is 12.9. The first-order chi connectivity index (χ1) is 24.8. The Balaban J connectivity index is 2.39. The normalized spacial score (nSPS) is 22.2. The summed E-state index contributed by atoms with van der Waals surface area (Å²) in [7, 11) is 0. The van der Waals surface area contributed by atoms with Gasteiger partial charge in [-0.25, -0.2) is 0 Å². The van der Waals surface area contributed by atoms with Gasteiger partial charge in [-0.05, 0) is 44.9 Å². The molecule has 0 bridgehead atoms. The van der Waals surface area contributed by atoms with Crippen LogP contribution in [0.4, 0.5) is 0 Å². The zero-order valence-corrected chi connectivity index (χ0v) is 32.6. The molecule has 9 nitrogen and oxygen atoms in total. The Hall–Kier alpha value is -1.33. The first-order valence-corrected chi connectivity index (χ1v) is 21.0. The van der Waals surface area contributed by atoms with Gasteiger partial charge in [-0.2, -0.15) is 0 Å². The number of aliphatic hydroxyl groups is 5. The predicted octanol–water partition coefficient (Wildman–Crippen LogP) is 7.94. The minimum atomic E-state index is -1.55. The van der Waals surface area contributed by atoms with Gasteiger partial charge >= 0.3 is 0 Å². The third-order valence-electron chi connectivity index (χ3n) is 10.1. The van der Waals surface area contributed by atoms with Gasteiger partial charge in [0.05, 0.1) is 25.4 Å². The monoisotopic (exact) mass is 726 g/mol. The third kappa shape index (κ3) is 24.6. The molecule has 1 fully saturated rings. The number of aliphatic hydroxyl groups excluding tert-OH is 5. The van der Waals surface area contributed by atoms with Crippen molar-refractivity contribution in [2.75, 3.05) is 13.2 Å². The Morgan fingerprint density at radius 1 is 0.667 bits per heavy atom. The number of rotatable bonds is 34. The average Bonchev–Trinajstić information content (AvgIpc) is 3.13. The lowest BCUT2D eigenvalue weighted by Crippen LogP contribution is -2.60. The highest BCUT2D eigenvalue weighted by Gasteiger charge is 2.44. The van der Waals surface area contributed by atoms with Crippen LogP contribution in [0.3, 0.4) is 0 Å². The molecule has 5 unspecified atom stereocenters. The van der Waals surface area contributed by atoms with E-state index in [0.29, 0.717) is 12.8 Å². The van der Waals surface area contributed by atoms with Crippen LogP contribution >= 0.6 is 0 Å².